The van der Waals surface area contributed by atoms with Gasteiger partial charge in [0.2, 0.25) is 11.8 Å². The minimum absolute atomic E-state index is 0.00401. The molecule has 0 spiro atoms. The van der Waals surface area contributed by atoms with E-state index in [-0.39, 0.29) is 23.8 Å². The highest BCUT2D eigenvalue weighted by molar-refractivity contribution is 6.06. The summed E-state index contributed by atoms with van der Waals surface area (Å²) in [7, 11) is 1.65. The molecule has 0 saturated heterocycles. The zero-order chi connectivity index (χ0) is 26.6. The number of ether oxygens (including phenoxy) is 2. The highest BCUT2D eigenvalue weighted by Crippen LogP contribution is 2.35. The molecule has 2 amide bonds. The topological polar surface area (TPSA) is 80.2 Å². The fraction of sp³-hybridized carbons (Fsp3) is 0.500. The van der Waals surface area contributed by atoms with Gasteiger partial charge in [-0.25, -0.2) is 5.01 Å². The van der Waals surface area contributed by atoms with Gasteiger partial charge in [-0.1, -0.05) is 39.8 Å². The van der Waals surface area contributed by atoms with Crippen molar-refractivity contribution in [2.24, 2.45) is 16.4 Å². The largest absolute Gasteiger partial charge is 0.493 e. The van der Waals surface area contributed by atoms with Crippen molar-refractivity contribution in [1.29, 1.82) is 0 Å². The molecule has 1 atom stereocenters. The van der Waals surface area contributed by atoms with Crippen molar-refractivity contribution in [3.8, 4) is 11.5 Å². The first-order chi connectivity index (χ1) is 17.7. The normalized spacial score (nSPS) is 18.5. The lowest BCUT2D eigenvalue weighted by Gasteiger charge is -2.29. The zero-order valence-corrected chi connectivity index (χ0v) is 22.7. The summed E-state index contributed by atoms with van der Waals surface area (Å²) in [4.78, 5) is 25.5. The second-order valence-corrected chi connectivity index (χ2v) is 11.0. The Morgan fingerprint density at radius 3 is 2.54 bits per heavy atom. The van der Waals surface area contributed by atoms with Gasteiger partial charge in [0.05, 0.1) is 25.5 Å². The predicted octanol–water partition coefficient (Wildman–Crippen LogP) is 6.16. The van der Waals surface area contributed by atoms with Crippen LogP contribution < -0.4 is 14.8 Å². The summed E-state index contributed by atoms with van der Waals surface area (Å²) in [6.07, 6.45) is 5.93. The molecule has 1 heterocycles. The van der Waals surface area contributed by atoms with E-state index < -0.39 is 5.41 Å². The predicted molar refractivity (Wildman–Crippen MR) is 146 cm³/mol. The molecule has 1 aliphatic carbocycles. The van der Waals surface area contributed by atoms with Crippen LogP contribution in [0.25, 0.3) is 0 Å². The highest BCUT2D eigenvalue weighted by Gasteiger charge is 2.30. The highest BCUT2D eigenvalue weighted by atomic mass is 16.5. The fourth-order valence-electron chi connectivity index (χ4n) is 4.79. The van der Waals surface area contributed by atoms with Gasteiger partial charge in [0.15, 0.2) is 11.5 Å². The van der Waals surface area contributed by atoms with Crippen molar-refractivity contribution in [1.82, 2.24) is 5.01 Å². The van der Waals surface area contributed by atoms with Crippen LogP contribution in [0, 0.1) is 11.3 Å². The summed E-state index contributed by atoms with van der Waals surface area (Å²) < 4.78 is 11.9. The third-order valence-corrected chi connectivity index (χ3v) is 7.07. The summed E-state index contributed by atoms with van der Waals surface area (Å²) in [6.45, 7) is 8.05. The number of nitrogens with zero attached hydrogens (tertiary/aromatic N) is 2. The molecule has 0 radical (unpaired) electrons. The molecule has 0 bridgehead atoms. The van der Waals surface area contributed by atoms with Gasteiger partial charge in [0.25, 0.3) is 0 Å². The molecule has 1 aliphatic heterocycles. The minimum Gasteiger partial charge on any atom is -0.493 e. The molecule has 0 aromatic heterocycles. The van der Waals surface area contributed by atoms with E-state index in [4.69, 9.17) is 14.6 Å². The lowest BCUT2D eigenvalue weighted by molar-refractivity contribution is -0.133. The molecule has 1 unspecified atom stereocenters. The zero-order valence-electron chi connectivity index (χ0n) is 22.7. The Balaban J connectivity index is 1.59. The quantitative estimate of drug-likeness (QED) is 0.466. The summed E-state index contributed by atoms with van der Waals surface area (Å²) in [5, 5.41) is 9.37. The first-order valence-electron chi connectivity index (χ1n) is 13.3. The van der Waals surface area contributed by atoms with Crippen LogP contribution in [0.15, 0.2) is 47.6 Å². The summed E-state index contributed by atoms with van der Waals surface area (Å²) in [6, 6.07) is 13.5. The number of benzene rings is 2. The molecular formula is C30H39N3O4. The smallest absolute Gasteiger partial charge is 0.243 e. The number of hydrogen-bond acceptors (Lipinski definition) is 5. The average Bonchev–Trinajstić information content (AvgIpc) is 3.38. The Hall–Kier alpha value is -3.35. The number of nitrogens with one attached hydrogen (secondary N) is 1. The van der Waals surface area contributed by atoms with Gasteiger partial charge in [-0.2, -0.15) is 5.10 Å². The standard InChI is InChI=1S/C30H39N3O4/c1-6-21-18-27(34)33(19-20-10-9-11-23(16-20)31-29(35)30(2,3)4)32-28(21)22-14-15-25(36-5)26(17-22)37-24-12-7-8-13-24/h9-11,14-17,21,24H,6-8,12-13,18-19H2,1-5H3,(H,31,35). The van der Waals surface area contributed by atoms with Crippen LogP contribution in [0.3, 0.4) is 0 Å². The molecule has 1 N–H and O–H groups in total. The number of carbonyl (C=O) groups excluding carboxylic acids is 2. The molecule has 37 heavy (non-hydrogen) atoms. The molecule has 1 saturated carbocycles. The van der Waals surface area contributed by atoms with E-state index in [0.717, 1.165) is 41.9 Å². The van der Waals surface area contributed by atoms with Gasteiger partial charge in [-0.05, 0) is 68.0 Å². The minimum atomic E-state index is -0.494. The van der Waals surface area contributed by atoms with Gasteiger partial charge in [-0.3, -0.25) is 9.59 Å². The van der Waals surface area contributed by atoms with E-state index in [1.165, 1.54) is 12.8 Å². The van der Waals surface area contributed by atoms with E-state index >= 15 is 0 Å². The number of hydrogen-bond donors (Lipinski definition) is 1. The number of rotatable bonds is 8. The molecule has 198 valence electrons. The van der Waals surface area contributed by atoms with Crippen molar-refractivity contribution in [3.05, 3.63) is 53.6 Å². The van der Waals surface area contributed by atoms with Gasteiger partial charge < -0.3 is 14.8 Å². The molecule has 1 fully saturated rings. The number of anilines is 1. The maximum absolute atomic E-state index is 13.0. The number of hydrazone groups is 1. The molecule has 4 rings (SSSR count). The van der Waals surface area contributed by atoms with Gasteiger partial charge in [0.1, 0.15) is 0 Å². The second-order valence-electron chi connectivity index (χ2n) is 11.0. The SMILES string of the molecule is CCC1CC(=O)N(Cc2cccc(NC(=O)C(C)(C)C)c2)N=C1c1ccc(OC)c(OC2CCCC2)c1. The fourth-order valence-corrected chi connectivity index (χ4v) is 4.79. The Kier molecular flexibility index (Phi) is 8.20. The monoisotopic (exact) mass is 505 g/mol. The van der Waals surface area contributed by atoms with Crippen LogP contribution in [0.5, 0.6) is 11.5 Å². The van der Waals surface area contributed by atoms with Crippen molar-refractivity contribution in [2.75, 3.05) is 12.4 Å². The van der Waals surface area contributed by atoms with Crippen molar-refractivity contribution in [3.63, 3.8) is 0 Å². The van der Waals surface area contributed by atoms with Crippen molar-refractivity contribution < 1.29 is 19.1 Å². The van der Waals surface area contributed by atoms with E-state index in [9.17, 15) is 9.59 Å². The maximum Gasteiger partial charge on any atom is 0.243 e. The van der Waals surface area contributed by atoms with Gasteiger partial charge >= 0.3 is 0 Å². The first kappa shape index (κ1) is 26.7. The average molecular weight is 506 g/mol. The Morgan fingerprint density at radius 2 is 1.86 bits per heavy atom. The van der Waals surface area contributed by atoms with Gasteiger partial charge in [0, 0.05) is 29.0 Å². The van der Waals surface area contributed by atoms with Crippen LogP contribution in [-0.2, 0) is 16.1 Å². The molecular weight excluding hydrogens is 466 g/mol. The lowest BCUT2D eigenvalue weighted by Crippen LogP contribution is -2.36. The van der Waals surface area contributed by atoms with E-state index in [2.05, 4.69) is 12.2 Å². The Labute approximate surface area is 220 Å². The summed E-state index contributed by atoms with van der Waals surface area (Å²) >= 11 is 0. The Bertz CT molecular complexity index is 1160. The third kappa shape index (κ3) is 6.51. The van der Waals surface area contributed by atoms with Gasteiger partial charge in [-0.15, -0.1) is 0 Å². The third-order valence-electron chi connectivity index (χ3n) is 7.07. The summed E-state index contributed by atoms with van der Waals surface area (Å²) in [5.74, 6) is 1.42. The van der Waals surface area contributed by atoms with Crippen LogP contribution in [0.2, 0.25) is 0 Å². The molecule has 2 aromatic rings. The van der Waals surface area contributed by atoms with Crippen LogP contribution in [-0.4, -0.2) is 35.7 Å². The molecule has 2 aliphatic rings. The molecule has 7 nitrogen and oxygen atoms in total. The van der Waals surface area contributed by atoms with Crippen LogP contribution in [0.4, 0.5) is 5.69 Å². The molecule has 7 heteroatoms. The van der Waals surface area contributed by atoms with Crippen molar-refractivity contribution in [2.45, 2.75) is 78.9 Å². The van der Waals surface area contributed by atoms with E-state index in [0.29, 0.717) is 24.4 Å². The number of carbonyl (C=O) groups is 2. The molecule has 2 aromatic carbocycles. The second kappa shape index (κ2) is 11.4. The van der Waals surface area contributed by atoms with E-state index in [1.54, 1.807) is 12.1 Å². The number of amides is 2. The van der Waals surface area contributed by atoms with Crippen molar-refractivity contribution >= 4 is 23.2 Å². The summed E-state index contributed by atoms with van der Waals surface area (Å²) in [5.41, 5.74) is 2.95. The first-order valence-corrected chi connectivity index (χ1v) is 13.3. The lowest BCUT2D eigenvalue weighted by atomic mass is 9.89. The van der Waals surface area contributed by atoms with Crippen LogP contribution >= 0.6 is 0 Å². The number of methoxy groups -OCH3 is 1. The van der Waals surface area contributed by atoms with E-state index in [1.807, 2.05) is 63.2 Å². The Morgan fingerprint density at radius 1 is 1.11 bits per heavy atom. The maximum atomic E-state index is 13.0. The van der Waals surface area contributed by atoms with Crippen LogP contribution in [0.1, 0.15) is 77.3 Å².